The number of carbonyl (C=O) groups is 2. The molecule has 2 amide bonds. The number of carbonyl (C=O) groups excluding carboxylic acids is 2. The normalized spacial score (nSPS) is 35.4. The molecular formula is C20H26N2O3. The number of benzene rings is 1. The van der Waals surface area contributed by atoms with Crippen LogP contribution in [0, 0.1) is 17.3 Å². The average Bonchev–Trinajstić information content (AvgIpc) is 2.42. The summed E-state index contributed by atoms with van der Waals surface area (Å²) in [5.41, 5.74) is 0.808. The van der Waals surface area contributed by atoms with Gasteiger partial charge in [0, 0.05) is 24.7 Å². The molecule has 0 heterocycles. The van der Waals surface area contributed by atoms with Gasteiger partial charge in [0.1, 0.15) is 0 Å². The molecular weight excluding hydrogens is 316 g/mol. The maximum absolute atomic E-state index is 12.7. The lowest BCUT2D eigenvalue weighted by atomic mass is 9.47. The lowest BCUT2D eigenvalue weighted by Crippen LogP contribution is -2.56. The Balaban J connectivity index is 1.43. The van der Waals surface area contributed by atoms with Crippen molar-refractivity contribution < 1.29 is 14.7 Å². The summed E-state index contributed by atoms with van der Waals surface area (Å²) in [4.78, 5) is 23.8. The number of aliphatic hydroxyl groups is 1. The molecule has 25 heavy (non-hydrogen) atoms. The van der Waals surface area contributed by atoms with Crippen molar-refractivity contribution in [3.63, 3.8) is 0 Å². The first-order chi connectivity index (χ1) is 11.8. The third kappa shape index (κ3) is 3.43. The van der Waals surface area contributed by atoms with Crippen LogP contribution in [0.1, 0.15) is 51.9 Å². The summed E-state index contributed by atoms with van der Waals surface area (Å²) in [7, 11) is 0. The summed E-state index contributed by atoms with van der Waals surface area (Å²) >= 11 is 0. The van der Waals surface area contributed by atoms with E-state index in [1.54, 1.807) is 12.1 Å². The SMILES string of the molecule is CC(=O)Nc1cccc(NC(=O)CC23CC4CC(CC(O)(C4)C2)C3)c1. The molecule has 134 valence electrons. The van der Waals surface area contributed by atoms with Crippen LogP contribution in [0.2, 0.25) is 0 Å². The van der Waals surface area contributed by atoms with Crippen molar-refractivity contribution in [1.82, 2.24) is 0 Å². The van der Waals surface area contributed by atoms with Crippen molar-refractivity contribution in [3.8, 4) is 0 Å². The van der Waals surface area contributed by atoms with E-state index in [-0.39, 0.29) is 17.2 Å². The molecule has 2 atom stereocenters. The number of amides is 2. The molecule has 4 saturated carbocycles. The summed E-state index contributed by atoms with van der Waals surface area (Å²) < 4.78 is 0. The van der Waals surface area contributed by atoms with E-state index in [0.717, 1.165) is 32.1 Å². The fourth-order valence-corrected chi connectivity index (χ4v) is 6.03. The Labute approximate surface area is 148 Å². The van der Waals surface area contributed by atoms with Gasteiger partial charge in [-0.2, -0.15) is 0 Å². The van der Waals surface area contributed by atoms with Crippen LogP contribution in [0.4, 0.5) is 11.4 Å². The first kappa shape index (κ1) is 16.6. The minimum atomic E-state index is -0.532. The van der Waals surface area contributed by atoms with E-state index in [1.165, 1.54) is 13.3 Å². The molecule has 0 radical (unpaired) electrons. The van der Waals surface area contributed by atoms with Crippen molar-refractivity contribution in [2.45, 2.75) is 57.5 Å². The molecule has 5 nitrogen and oxygen atoms in total. The predicted molar refractivity (Wildman–Crippen MR) is 96.1 cm³/mol. The van der Waals surface area contributed by atoms with E-state index < -0.39 is 5.60 Å². The fourth-order valence-electron chi connectivity index (χ4n) is 6.03. The van der Waals surface area contributed by atoms with Crippen molar-refractivity contribution in [2.24, 2.45) is 17.3 Å². The van der Waals surface area contributed by atoms with Crippen LogP contribution in [0.5, 0.6) is 0 Å². The third-order valence-corrected chi connectivity index (χ3v) is 6.15. The number of nitrogens with one attached hydrogen (secondary N) is 2. The first-order valence-corrected chi connectivity index (χ1v) is 9.23. The molecule has 5 heteroatoms. The minimum absolute atomic E-state index is 0.00512. The number of anilines is 2. The van der Waals surface area contributed by atoms with Gasteiger partial charge in [-0.15, -0.1) is 0 Å². The molecule has 0 aromatic heterocycles. The zero-order chi connectivity index (χ0) is 17.7. The average molecular weight is 342 g/mol. The molecule has 5 rings (SSSR count). The molecule has 4 bridgehead atoms. The van der Waals surface area contributed by atoms with Crippen LogP contribution >= 0.6 is 0 Å². The van der Waals surface area contributed by atoms with Crippen molar-refractivity contribution in [1.29, 1.82) is 0 Å². The highest BCUT2D eigenvalue weighted by atomic mass is 16.3. The molecule has 0 spiro atoms. The Bertz CT molecular complexity index is 701. The van der Waals surface area contributed by atoms with Gasteiger partial charge in [0.15, 0.2) is 0 Å². The van der Waals surface area contributed by atoms with Crippen LogP contribution < -0.4 is 10.6 Å². The van der Waals surface area contributed by atoms with E-state index in [9.17, 15) is 14.7 Å². The Morgan fingerprint density at radius 3 is 2.36 bits per heavy atom. The zero-order valence-corrected chi connectivity index (χ0v) is 14.7. The van der Waals surface area contributed by atoms with Crippen LogP contribution in [-0.2, 0) is 9.59 Å². The molecule has 4 aliphatic rings. The Morgan fingerprint density at radius 2 is 1.76 bits per heavy atom. The maximum Gasteiger partial charge on any atom is 0.224 e. The smallest absolute Gasteiger partial charge is 0.224 e. The Kier molecular flexibility index (Phi) is 3.87. The second-order valence-electron chi connectivity index (χ2n) is 8.67. The van der Waals surface area contributed by atoms with Crippen molar-refractivity contribution >= 4 is 23.2 Å². The van der Waals surface area contributed by atoms with Crippen LogP contribution in [0.15, 0.2) is 24.3 Å². The Hall–Kier alpha value is -1.88. The van der Waals surface area contributed by atoms with Gasteiger partial charge in [0.05, 0.1) is 5.60 Å². The predicted octanol–water partition coefficient (Wildman–Crippen LogP) is 3.30. The van der Waals surface area contributed by atoms with E-state index in [1.807, 2.05) is 12.1 Å². The van der Waals surface area contributed by atoms with Gasteiger partial charge in [-0.1, -0.05) is 6.07 Å². The van der Waals surface area contributed by atoms with Crippen LogP contribution in [0.25, 0.3) is 0 Å². The second-order valence-corrected chi connectivity index (χ2v) is 8.67. The summed E-state index contributed by atoms with van der Waals surface area (Å²) in [5.74, 6) is 1.04. The standard InChI is InChI=1S/C20H26N2O3/c1-13(23)21-16-3-2-4-17(6-16)22-18(24)11-19-7-14-5-15(8-19)10-20(25,9-14)12-19/h2-4,6,14-15,25H,5,7-12H2,1H3,(H,21,23)(H,22,24). The van der Waals surface area contributed by atoms with Crippen LogP contribution in [0.3, 0.4) is 0 Å². The molecule has 3 N–H and O–H groups in total. The quantitative estimate of drug-likeness (QED) is 0.785. The molecule has 1 aromatic rings. The summed E-state index contributed by atoms with van der Waals surface area (Å²) in [6.07, 6.45) is 6.47. The molecule has 4 fully saturated rings. The second kappa shape index (κ2) is 5.84. The number of hydrogen-bond acceptors (Lipinski definition) is 3. The van der Waals surface area contributed by atoms with E-state index >= 15 is 0 Å². The van der Waals surface area contributed by atoms with Gasteiger partial charge in [-0.25, -0.2) is 0 Å². The van der Waals surface area contributed by atoms with Gasteiger partial charge < -0.3 is 15.7 Å². The minimum Gasteiger partial charge on any atom is -0.390 e. The highest BCUT2D eigenvalue weighted by Gasteiger charge is 2.57. The molecule has 2 unspecified atom stereocenters. The van der Waals surface area contributed by atoms with Gasteiger partial charge in [0.25, 0.3) is 0 Å². The van der Waals surface area contributed by atoms with Gasteiger partial charge in [-0.05, 0) is 74.0 Å². The van der Waals surface area contributed by atoms with Crippen molar-refractivity contribution in [3.05, 3.63) is 24.3 Å². The largest absolute Gasteiger partial charge is 0.390 e. The summed E-state index contributed by atoms with van der Waals surface area (Å²) in [5, 5.41) is 16.5. The molecule has 4 aliphatic carbocycles. The third-order valence-electron chi connectivity index (χ3n) is 6.15. The maximum atomic E-state index is 12.7. The number of hydrogen-bond donors (Lipinski definition) is 3. The molecule has 1 aromatic carbocycles. The highest BCUT2D eigenvalue weighted by molar-refractivity contribution is 5.93. The fraction of sp³-hybridized carbons (Fsp3) is 0.600. The highest BCUT2D eigenvalue weighted by Crippen LogP contribution is 2.62. The first-order valence-electron chi connectivity index (χ1n) is 9.23. The van der Waals surface area contributed by atoms with E-state index in [0.29, 0.717) is 29.6 Å². The number of rotatable bonds is 4. The lowest BCUT2D eigenvalue weighted by Gasteiger charge is -2.60. The van der Waals surface area contributed by atoms with E-state index in [4.69, 9.17) is 0 Å². The van der Waals surface area contributed by atoms with Gasteiger partial charge in [-0.3, -0.25) is 9.59 Å². The van der Waals surface area contributed by atoms with Crippen molar-refractivity contribution in [2.75, 3.05) is 10.6 Å². The summed E-state index contributed by atoms with van der Waals surface area (Å²) in [6, 6.07) is 7.21. The van der Waals surface area contributed by atoms with E-state index in [2.05, 4.69) is 10.6 Å². The van der Waals surface area contributed by atoms with Gasteiger partial charge >= 0.3 is 0 Å². The molecule has 0 aliphatic heterocycles. The topological polar surface area (TPSA) is 78.4 Å². The van der Waals surface area contributed by atoms with Gasteiger partial charge in [0.2, 0.25) is 11.8 Å². The monoisotopic (exact) mass is 342 g/mol. The summed E-state index contributed by atoms with van der Waals surface area (Å²) in [6.45, 7) is 1.46. The molecule has 0 saturated heterocycles. The zero-order valence-electron chi connectivity index (χ0n) is 14.7. The lowest BCUT2D eigenvalue weighted by molar-refractivity contribution is -0.167. The van der Waals surface area contributed by atoms with Crippen LogP contribution in [-0.4, -0.2) is 22.5 Å². The Morgan fingerprint density at radius 1 is 1.12 bits per heavy atom.